The molecule has 0 atom stereocenters. The van der Waals surface area contributed by atoms with Crippen LogP contribution in [0.3, 0.4) is 0 Å². The second-order valence-corrected chi connectivity index (χ2v) is 7.67. The number of hydrogen-bond donors (Lipinski definition) is 1. The van der Waals surface area contributed by atoms with E-state index in [0.29, 0.717) is 23.6 Å². The summed E-state index contributed by atoms with van der Waals surface area (Å²) in [6, 6.07) is 7.07. The average molecular weight is 354 g/mol. The van der Waals surface area contributed by atoms with Crippen LogP contribution in [-0.2, 0) is 0 Å². The van der Waals surface area contributed by atoms with Crippen molar-refractivity contribution in [2.75, 3.05) is 19.6 Å². The number of piperidine rings is 1. The highest BCUT2D eigenvalue weighted by Crippen LogP contribution is 2.20. The zero-order chi connectivity index (χ0) is 18.4. The smallest absolute Gasteiger partial charge is 0.253 e. The molecule has 0 aromatic heterocycles. The summed E-state index contributed by atoms with van der Waals surface area (Å²) in [5, 5.41) is 2.99. The molecule has 140 valence electrons. The van der Waals surface area contributed by atoms with Crippen LogP contribution >= 0.6 is 0 Å². The van der Waals surface area contributed by atoms with Crippen LogP contribution in [0.2, 0.25) is 0 Å². The van der Waals surface area contributed by atoms with Crippen LogP contribution in [0.15, 0.2) is 35.9 Å². The number of nitrogens with zero attached hydrogens (tertiary/aromatic N) is 1. The molecule has 0 saturated carbocycles. The van der Waals surface area contributed by atoms with Gasteiger partial charge in [0.25, 0.3) is 11.8 Å². The minimum atomic E-state index is -0.0628. The third-order valence-corrected chi connectivity index (χ3v) is 5.58. The number of nitrogens with one attached hydrogen (secondary N) is 1. The minimum absolute atomic E-state index is 0.0628. The molecule has 1 aromatic rings. The van der Waals surface area contributed by atoms with Gasteiger partial charge in [-0.15, -0.1) is 0 Å². The molecule has 0 spiro atoms. The Morgan fingerprint density at radius 2 is 1.77 bits per heavy atom. The lowest BCUT2D eigenvalue weighted by Crippen LogP contribution is -2.37. The Hall–Kier alpha value is -2.10. The summed E-state index contributed by atoms with van der Waals surface area (Å²) < 4.78 is 0. The number of benzene rings is 1. The van der Waals surface area contributed by atoms with E-state index in [0.717, 1.165) is 32.4 Å². The third kappa shape index (κ3) is 4.96. The first kappa shape index (κ1) is 18.7. The van der Waals surface area contributed by atoms with Gasteiger partial charge < -0.3 is 10.2 Å². The number of carbonyl (C=O) groups excluding carboxylic acids is 2. The predicted molar refractivity (Wildman–Crippen MR) is 104 cm³/mol. The van der Waals surface area contributed by atoms with Gasteiger partial charge in [0.2, 0.25) is 0 Å². The SMILES string of the molecule is CC1CCN(C(=O)c2ccc(C(=O)NCCC3=CCCCC3)cc2)CC1. The molecule has 1 fully saturated rings. The van der Waals surface area contributed by atoms with Gasteiger partial charge in [-0.3, -0.25) is 9.59 Å². The van der Waals surface area contributed by atoms with E-state index in [1.807, 2.05) is 4.90 Å². The molecule has 26 heavy (non-hydrogen) atoms. The summed E-state index contributed by atoms with van der Waals surface area (Å²) >= 11 is 0. The molecule has 1 aromatic carbocycles. The number of rotatable bonds is 5. The molecule has 1 aliphatic carbocycles. The van der Waals surface area contributed by atoms with E-state index in [1.165, 1.54) is 31.3 Å². The lowest BCUT2D eigenvalue weighted by Gasteiger charge is -2.30. The maximum Gasteiger partial charge on any atom is 0.253 e. The van der Waals surface area contributed by atoms with Gasteiger partial charge in [0.1, 0.15) is 0 Å². The fourth-order valence-corrected chi connectivity index (χ4v) is 3.73. The summed E-state index contributed by atoms with van der Waals surface area (Å²) in [5.74, 6) is 0.717. The first-order valence-electron chi connectivity index (χ1n) is 9.99. The number of amides is 2. The molecule has 1 heterocycles. The van der Waals surface area contributed by atoms with Crippen molar-refractivity contribution in [3.8, 4) is 0 Å². The highest BCUT2D eigenvalue weighted by atomic mass is 16.2. The molecule has 3 rings (SSSR count). The van der Waals surface area contributed by atoms with Crippen LogP contribution in [0.25, 0.3) is 0 Å². The first-order valence-corrected chi connectivity index (χ1v) is 9.99. The lowest BCUT2D eigenvalue weighted by molar-refractivity contribution is 0.0696. The number of carbonyl (C=O) groups is 2. The summed E-state index contributed by atoms with van der Waals surface area (Å²) in [7, 11) is 0. The van der Waals surface area contributed by atoms with Crippen LogP contribution in [0, 0.1) is 5.92 Å². The van der Waals surface area contributed by atoms with E-state index in [4.69, 9.17) is 0 Å². The topological polar surface area (TPSA) is 49.4 Å². The molecule has 1 aliphatic heterocycles. The Kier molecular flexibility index (Phi) is 6.48. The van der Waals surface area contributed by atoms with E-state index in [1.54, 1.807) is 24.3 Å². The summed E-state index contributed by atoms with van der Waals surface area (Å²) in [6.45, 7) is 4.58. The molecular formula is C22H30N2O2. The Balaban J connectivity index is 1.49. The van der Waals surface area contributed by atoms with Crippen LogP contribution in [0.4, 0.5) is 0 Å². The van der Waals surface area contributed by atoms with Crippen LogP contribution in [-0.4, -0.2) is 36.3 Å². The van der Waals surface area contributed by atoms with E-state index >= 15 is 0 Å². The second-order valence-electron chi connectivity index (χ2n) is 7.67. The predicted octanol–water partition coefficient (Wildman–Crippen LogP) is 4.18. The van der Waals surface area contributed by atoms with Gasteiger partial charge in [0, 0.05) is 30.8 Å². The first-order chi connectivity index (χ1) is 12.6. The van der Waals surface area contributed by atoms with Crippen molar-refractivity contribution in [2.45, 2.75) is 51.9 Å². The van der Waals surface area contributed by atoms with Crippen LogP contribution < -0.4 is 5.32 Å². The molecule has 0 unspecified atom stereocenters. The number of likely N-dealkylation sites (tertiary alicyclic amines) is 1. The fraction of sp³-hybridized carbons (Fsp3) is 0.545. The Morgan fingerprint density at radius 3 is 2.42 bits per heavy atom. The molecule has 2 amide bonds. The van der Waals surface area contributed by atoms with Crippen LogP contribution in [0.5, 0.6) is 0 Å². The van der Waals surface area contributed by atoms with Crippen molar-refractivity contribution >= 4 is 11.8 Å². The molecule has 0 radical (unpaired) electrons. The van der Waals surface area contributed by atoms with Crippen molar-refractivity contribution in [3.05, 3.63) is 47.0 Å². The molecule has 1 N–H and O–H groups in total. The quantitative estimate of drug-likeness (QED) is 0.807. The monoisotopic (exact) mass is 354 g/mol. The van der Waals surface area contributed by atoms with Gasteiger partial charge >= 0.3 is 0 Å². The van der Waals surface area contributed by atoms with Crippen molar-refractivity contribution in [1.29, 1.82) is 0 Å². The summed E-state index contributed by atoms with van der Waals surface area (Å²) in [6.07, 6.45) is 10.3. The van der Waals surface area contributed by atoms with E-state index in [-0.39, 0.29) is 11.8 Å². The van der Waals surface area contributed by atoms with Crippen LogP contribution in [0.1, 0.15) is 72.6 Å². The van der Waals surface area contributed by atoms with E-state index in [2.05, 4.69) is 18.3 Å². The van der Waals surface area contributed by atoms with Gasteiger partial charge in [-0.2, -0.15) is 0 Å². The Morgan fingerprint density at radius 1 is 1.08 bits per heavy atom. The van der Waals surface area contributed by atoms with Crippen molar-refractivity contribution in [2.24, 2.45) is 5.92 Å². The van der Waals surface area contributed by atoms with Gasteiger partial charge in [0.05, 0.1) is 0 Å². The largest absolute Gasteiger partial charge is 0.352 e. The normalized spacial score (nSPS) is 18.3. The Labute approximate surface area is 156 Å². The maximum atomic E-state index is 12.6. The average Bonchev–Trinajstić information content (AvgIpc) is 2.69. The van der Waals surface area contributed by atoms with Gasteiger partial charge in [0.15, 0.2) is 0 Å². The summed E-state index contributed by atoms with van der Waals surface area (Å²) in [4.78, 5) is 26.8. The number of hydrogen-bond acceptors (Lipinski definition) is 2. The lowest BCUT2D eigenvalue weighted by atomic mass is 9.97. The zero-order valence-corrected chi connectivity index (χ0v) is 15.8. The molecule has 2 aliphatic rings. The zero-order valence-electron chi connectivity index (χ0n) is 15.8. The van der Waals surface area contributed by atoms with E-state index < -0.39 is 0 Å². The summed E-state index contributed by atoms with van der Waals surface area (Å²) in [5.41, 5.74) is 2.75. The Bertz CT molecular complexity index is 655. The molecule has 4 heteroatoms. The standard InChI is InChI=1S/C22H30N2O2/c1-17-12-15-24(16-13-17)22(26)20-9-7-19(8-10-20)21(25)23-14-11-18-5-3-2-4-6-18/h5,7-10,17H,2-4,6,11-16H2,1H3,(H,23,25). The second kappa shape index (κ2) is 9.02. The fourth-order valence-electron chi connectivity index (χ4n) is 3.73. The molecule has 0 bridgehead atoms. The highest BCUT2D eigenvalue weighted by molar-refractivity contribution is 5.97. The van der Waals surface area contributed by atoms with Crippen molar-refractivity contribution in [3.63, 3.8) is 0 Å². The number of allylic oxidation sites excluding steroid dienone is 1. The van der Waals surface area contributed by atoms with Crippen molar-refractivity contribution < 1.29 is 9.59 Å². The van der Waals surface area contributed by atoms with Crippen molar-refractivity contribution in [1.82, 2.24) is 10.2 Å². The minimum Gasteiger partial charge on any atom is -0.352 e. The highest BCUT2D eigenvalue weighted by Gasteiger charge is 2.21. The van der Waals surface area contributed by atoms with E-state index in [9.17, 15) is 9.59 Å². The van der Waals surface area contributed by atoms with Gasteiger partial charge in [-0.1, -0.05) is 18.6 Å². The third-order valence-electron chi connectivity index (χ3n) is 5.58. The molecule has 1 saturated heterocycles. The van der Waals surface area contributed by atoms with Gasteiger partial charge in [-0.25, -0.2) is 0 Å². The molecular weight excluding hydrogens is 324 g/mol. The van der Waals surface area contributed by atoms with Gasteiger partial charge in [-0.05, 0) is 75.1 Å². The molecule has 4 nitrogen and oxygen atoms in total. The maximum absolute atomic E-state index is 12.6.